The summed E-state index contributed by atoms with van der Waals surface area (Å²) in [4.78, 5) is 4.66. The molecule has 142 valence electrons. The van der Waals surface area contributed by atoms with Crippen molar-refractivity contribution in [2.45, 2.75) is 72.6 Å². The van der Waals surface area contributed by atoms with Crippen molar-refractivity contribution in [2.75, 3.05) is 0 Å². The molecular weight excluding hydrogens is 444 g/mol. The van der Waals surface area contributed by atoms with Gasteiger partial charge in [0, 0.05) is 0 Å². The molecule has 0 spiro atoms. The SMILES string of the molecule is CCC[CH2][Sn]([CH2]CCC)([CH2]CCC)[c]1ccccc1-c1cccc(Cl)n1. The van der Waals surface area contributed by atoms with Crippen molar-refractivity contribution in [2.24, 2.45) is 0 Å². The van der Waals surface area contributed by atoms with Crippen LogP contribution in [0.1, 0.15) is 59.3 Å². The molecule has 0 saturated heterocycles. The quantitative estimate of drug-likeness (QED) is 0.241. The van der Waals surface area contributed by atoms with Gasteiger partial charge in [-0.2, -0.15) is 0 Å². The molecule has 0 aliphatic heterocycles. The Labute approximate surface area is 169 Å². The summed E-state index contributed by atoms with van der Waals surface area (Å²) in [6.45, 7) is 7.00. The Morgan fingerprint density at radius 3 is 1.88 bits per heavy atom. The van der Waals surface area contributed by atoms with E-state index in [1.807, 2.05) is 12.1 Å². The van der Waals surface area contributed by atoms with E-state index in [0.29, 0.717) is 5.15 Å². The molecule has 0 amide bonds. The van der Waals surface area contributed by atoms with E-state index in [-0.39, 0.29) is 0 Å². The molecule has 0 saturated carbocycles. The number of halogens is 1. The van der Waals surface area contributed by atoms with Crippen molar-refractivity contribution in [3.63, 3.8) is 0 Å². The van der Waals surface area contributed by atoms with Crippen molar-refractivity contribution < 1.29 is 0 Å². The van der Waals surface area contributed by atoms with Gasteiger partial charge < -0.3 is 0 Å². The van der Waals surface area contributed by atoms with Gasteiger partial charge in [0.15, 0.2) is 0 Å². The summed E-state index contributed by atoms with van der Waals surface area (Å²) in [6, 6.07) is 15.2. The molecule has 0 aliphatic rings. The van der Waals surface area contributed by atoms with E-state index in [1.165, 1.54) is 57.4 Å². The van der Waals surface area contributed by atoms with Crippen LogP contribution in [0.2, 0.25) is 18.5 Å². The zero-order chi connectivity index (χ0) is 18.8. The summed E-state index contributed by atoms with van der Waals surface area (Å²) in [5.41, 5.74) is 2.41. The number of hydrogen-bond acceptors (Lipinski definition) is 1. The van der Waals surface area contributed by atoms with E-state index in [2.05, 4.69) is 56.1 Å². The summed E-state index contributed by atoms with van der Waals surface area (Å²) < 4.78 is 6.11. The second-order valence-electron chi connectivity index (χ2n) is 7.48. The zero-order valence-electron chi connectivity index (χ0n) is 16.7. The first-order valence-corrected chi connectivity index (χ1v) is 18.2. The minimum atomic E-state index is -2.49. The Morgan fingerprint density at radius 1 is 0.769 bits per heavy atom. The van der Waals surface area contributed by atoms with E-state index < -0.39 is 18.4 Å². The maximum absolute atomic E-state index is 6.22. The van der Waals surface area contributed by atoms with E-state index in [0.717, 1.165) is 5.69 Å². The molecule has 0 unspecified atom stereocenters. The fourth-order valence-corrected chi connectivity index (χ4v) is 21.0. The van der Waals surface area contributed by atoms with Gasteiger partial charge in [-0.3, -0.25) is 0 Å². The van der Waals surface area contributed by atoms with Gasteiger partial charge in [0.1, 0.15) is 0 Å². The van der Waals surface area contributed by atoms with Crippen LogP contribution < -0.4 is 3.58 Å². The molecule has 0 N–H and O–H groups in total. The minimum absolute atomic E-state index is 0.591. The van der Waals surface area contributed by atoms with E-state index in [1.54, 1.807) is 3.58 Å². The van der Waals surface area contributed by atoms with Crippen LogP contribution in [0.15, 0.2) is 42.5 Å². The number of pyridine rings is 1. The van der Waals surface area contributed by atoms with Gasteiger partial charge in [0.2, 0.25) is 0 Å². The van der Waals surface area contributed by atoms with Gasteiger partial charge in [-0.15, -0.1) is 0 Å². The van der Waals surface area contributed by atoms with Gasteiger partial charge >= 0.3 is 170 Å². The fourth-order valence-electron chi connectivity index (χ4n) is 4.05. The first-order valence-electron chi connectivity index (χ1n) is 10.4. The topological polar surface area (TPSA) is 12.9 Å². The maximum atomic E-state index is 6.22. The van der Waals surface area contributed by atoms with Crippen LogP contribution in [0.5, 0.6) is 0 Å². The Hall–Kier alpha value is -0.541. The predicted molar refractivity (Wildman–Crippen MR) is 119 cm³/mol. The van der Waals surface area contributed by atoms with Crippen molar-refractivity contribution in [3.8, 4) is 11.3 Å². The standard InChI is InChI=1S/C11H7ClN.3C4H9.Sn/c12-11-8-4-7-10(13-11)9-5-2-1-3-6-9;3*1-3-4-2;/h1-5,7-8H;3*1,3-4H2,2H3;. The average molecular weight is 479 g/mol. The third-order valence-corrected chi connectivity index (χ3v) is 21.5. The van der Waals surface area contributed by atoms with Gasteiger partial charge in [0.05, 0.1) is 0 Å². The molecule has 0 bridgehead atoms. The zero-order valence-corrected chi connectivity index (χ0v) is 20.3. The first kappa shape index (κ1) is 21.8. The van der Waals surface area contributed by atoms with Crippen LogP contribution in [0.4, 0.5) is 0 Å². The van der Waals surface area contributed by atoms with Crippen molar-refractivity contribution in [1.82, 2.24) is 4.98 Å². The first-order chi connectivity index (χ1) is 12.7. The number of hydrogen-bond donors (Lipinski definition) is 0. The number of unbranched alkanes of at least 4 members (excludes halogenated alkanes) is 3. The summed E-state index contributed by atoms with van der Waals surface area (Å²) in [6.07, 6.45) is 8.03. The van der Waals surface area contributed by atoms with Gasteiger partial charge in [-0.1, -0.05) is 0 Å². The Balaban J connectivity index is 2.55. The van der Waals surface area contributed by atoms with Gasteiger partial charge in [0.25, 0.3) is 0 Å². The van der Waals surface area contributed by atoms with Crippen LogP contribution in [-0.4, -0.2) is 23.4 Å². The summed E-state index contributed by atoms with van der Waals surface area (Å²) in [7, 11) is 0. The summed E-state index contributed by atoms with van der Waals surface area (Å²) >= 11 is 3.73. The number of nitrogens with zero attached hydrogens (tertiary/aromatic N) is 1. The van der Waals surface area contributed by atoms with E-state index in [4.69, 9.17) is 11.6 Å². The molecule has 1 aromatic heterocycles. The fraction of sp³-hybridized carbons (Fsp3) is 0.522. The Bertz CT molecular complexity index is 649. The van der Waals surface area contributed by atoms with Crippen LogP contribution in [0.3, 0.4) is 0 Å². The molecule has 26 heavy (non-hydrogen) atoms. The third kappa shape index (κ3) is 5.73. The number of rotatable bonds is 11. The van der Waals surface area contributed by atoms with Crippen molar-refractivity contribution in [3.05, 3.63) is 47.6 Å². The molecule has 3 heteroatoms. The summed E-state index contributed by atoms with van der Waals surface area (Å²) in [5.74, 6) is 0. The van der Waals surface area contributed by atoms with Crippen LogP contribution in [0.25, 0.3) is 11.3 Å². The monoisotopic (exact) mass is 479 g/mol. The molecule has 2 rings (SSSR count). The molecule has 1 heterocycles. The normalized spacial score (nSPS) is 11.7. The number of benzene rings is 1. The van der Waals surface area contributed by atoms with Gasteiger partial charge in [-0.25, -0.2) is 0 Å². The Morgan fingerprint density at radius 2 is 1.35 bits per heavy atom. The molecule has 0 atom stereocenters. The third-order valence-electron chi connectivity index (χ3n) is 5.52. The second-order valence-corrected chi connectivity index (χ2v) is 21.0. The summed E-state index contributed by atoms with van der Waals surface area (Å²) in [5, 5.41) is 0.591. The van der Waals surface area contributed by atoms with Gasteiger partial charge in [-0.05, 0) is 0 Å². The van der Waals surface area contributed by atoms with Crippen molar-refractivity contribution in [1.29, 1.82) is 0 Å². The van der Waals surface area contributed by atoms with E-state index >= 15 is 0 Å². The molecule has 2 aromatic rings. The number of aromatic nitrogens is 1. The van der Waals surface area contributed by atoms with E-state index in [9.17, 15) is 0 Å². The predicted octanol–water partition coefficient (Wildman–Crippen LogP) is 7.46. The molecular formula is C23H34ClNSn. The van der Waals surface area contributed by atoms with Crippen LogP contribution in [-0.2, 0) is 0 Å². The van der Waals surface area contributed by atoms with Crippen LogP contribution in [0, 0.1) is 0 Å². The molecule has 0 fully saturated rings. The van der Waals surface area contributed by atoms with Crippen molar-refractivity contribution >= 4 is 33.6 Å². The molecule has 1 aromatic carbocycles. The van der Waals surface area contributed by atoms with Crippen LogP contribution >= 0.6 is 11.6 Å². The second kappa shape index (κ2) is 11.3. The molecule has 1 nitrogen and oxygen atoms in total. The Kier molecular flexibility index (Phi) is 9.48. The average Bonchev–Trinajstić information content (AvgIpc) is 2.68. The molecule has 0 radical (unpaired) electrons. The molecule has 0 aliphatic carbocycles.